The number of hydrogen-bond donors (Lipinski definition) is 1. The van der Waals surface area contributed by atoms with E-state index >= 15 is 0 Å². The highest BCUT2D eigenvalue weighted by molar-refractivity contribution is 6.00. The van der Waals surface area contributed by atoms with E-state index in [-0.39, 0.29) is 29.6 Å². The average Bonchev–Trinajstić information content (AvgIpc) is 2.84. The third kappa shape index (κ3) is 6.70. The van der Waals surface area contributed by atoms with Crippen LogP contribution in [0.3, 0.4) is 0 Å². The molecule has 0 aromatic heterocycles. The number of rotatable bonds is 5. The van der Waals surface area contributed by atoms with Crippen LogP contribution in [0.25, 0.3) is 0 Å². The minimum Gasteiger partial charge on any atom is -0.460 e. The molecule has 1 atom stereocenters. The predicted molar refractivity (Wildman–Crippen MR) is 141 cm³/mol. The predicted octanol–water partition coefficient (Wildman–Crippen LogP) is 3.78. The average molecular weight is 512 g/mol. The number of esters is 1. The van der Waals surface area contributed by atoms with Crippen LogP contribution in [-0.4, -0.2) is 60.4 Å². The zero-order valence-corrected chi connectivity index (χ0v) is 22.7. The van der Waals surface area contributed by atoms with Gasteiger partial charge in [-0.2, -0.15) is 0 Å². The zero-order chi connectivity index (χ0) is 26.8. The minimum absolute atomic E-state index is 0.162. The maximum Gasteiger partial charge on any atom is 0.312 e. The summed E-state index contributed by atoms with van der Waals surface area (Å²) in [6, 6.07) is 8.10. The normalized spacial score (nSPS) is 23.0. The van der Waals surface area contributed by atoms with Crippen LogP contribution in [0.5, 0.6) is 0 Å². The Labute approximate surface area is 220 Å². The molecule has 0 radical (unpaired) electrons. The molecule has 0 aliphatic carbocycles. The van der Waals surface area contributed by atoms with Crippen molar-refractivity contribution in [3.63, 3.8) is 0 Å². The second-order valence-electron chi connectivity index (χ2n) is 12.2. The van der Waals surface area contributed by atoms with Gasteiger partial charge in [0.15, 0.2) is 0 Å². The number of carbonyl (C=O) groups excluding carboxylic acids is 4. The highest BCUT2D eigenvalue weighted by atomic mass is 16.6. The van der Waals surface area contributed by atoms with E-state index in [0.717, 1.165) is 37.2 Å². The van der Waals surface area contributed by atoms with Gasteiger partial charge in [0.1, 0.15) is 5.60 Å². The maximum atomic E-state index is 13.0. The molecule has 3 aliphatic rings. The Hall–Kier alpha value is -2.90. The van der Waals surface area contributed by atoms with Crippen LogP contribution < -0.4 is 10.2 Å². The first-order valence-electron chi connectivity index (χ1n) is 13.6. The summed E-state index contributed by atoms with van der Waals surface area (Å²) in [5.41, 5.74) is 1.04. The van der Waals surface area contributed by atoms with Gasteiger partial charge in [-0.25, -0.2) is 0 Å². The standard InChI is InChI=1S/C29H41N3O5/c1-28(2,3)37-27(36)29(4)13-17-32(18-14-29)25(34)19-20-11-15-31(16-12-20)22-7-5-21(6-8-22)23-9-10-24(33)30-26(23)35/h5-8,20,23H,9-19H2,1-4H3,(H,30,33,35). The molecule has 202 valence electrons. The number of carbonyl (C=O) groups is 4. The molecule has 0 spiro atoms. The number of imide groups is 1. The van der Waals surface area contributed by atoms with Crippen LogP contribution >= 0.6 is 0 Å². The molecule has 3 amide bonds. The van der Waals surface area contributed by atoms with Crippen molar-refractivity contribution in [1.29, 1.82) is 0 Å². The Morgan fingerprint density at radius 3 is 2.19 bits per heavy atom. The molecule has 1 aromatic carbocycles. The first-order chi connectivity index (χ1) is 17.4. The summed E-state index contributed by atoms with van der Waals surface area (Å²) in [5, 5.41) is 2.43. The largest absolute Gasteiger partial charge is 0.460 e. The lowest BCUT2D eigenvalue weighted by Gasteiger charge is -2.40. The van der Waals surface area contributed by atoms with Crippen molar-refractivity contribution >= 4 is 29.4 Å². The first-order valence-corrected chi connectivity index (χ1v) is 13.6. The fraction of sp³-hybridized carbons (Fsp3) is 0.655. The fourth-order valence-electron chi connectivity index (χ4n) is 5.56. The molecule has 1 N–H and O–H groups in total. The number of anilines is 1. The molecule has 3 aliphatic heterocycles. The Morgan fingerprint density at radius 1 is 1.00 bits per heavy atom. The molecule has 37 heavy (non-hydrogen) atoms. The molecule has 4 rings (SSSR count). The molecular weight excluding hydrogens is 470 g/mol. The fourth-order valence-corrected chi connectivity index (χ4v) is 5.56. The van der Waals surface area contributed by atoms with E-state index in [1.165, 1.54) is 0 Å². The molecule has 8 heteroatoms. The van der Waals surface area contributed by atoms with Crippen molar-refractivity contribution in [3.8, 4) is 0 Å². The lowest BCUT2D eigenvalue weighted by molar-refractivity contribution is -0.170. The monoisotopic (exact) mass is 511 g/mol. The summed E-state index contributed by atoms with van der Waals surface area (Å²) in [4.78, 5) is 53.5. The van der Waals surface area contributed by atoms with E-state index in [1.54, 1.807) is 0 Å². The molecule has 0 saturated carbocycles. The van der Waals surface area contributed by atoms with Gasteiger partial charge in [0.05, 0.1) is 11.3 Å². The minimum atomic E-state index is -0.525. The van der Waals surface area contributed by atoms with E-state index < -0.39 is 11.0 Å². The van der Waals surface area contributed by atoms with Crippen molar-refractivity contribution in [3.05, 3.63) is 29.8 Å². The molecule has 1 unspecified atom stereocenters. The SMILES string of the molecule is CC(C)(C)OC(=O)C1(C)CCN(C(=O)CC2CCN(c3ccc(C4CCC(=O)NC4=O)cc3)CC2)CC1. The smallest absolute Gasteiger partial charge is 0.312 e. The number of amides is 3. The number of nitrogens with zero attached hydrogens (tertiary/aromatic N) is 2. The van der Waals surface area contributed by atoms with Crippen LogP contribution in [0.15, 0.2) is 24.3 Å². The molecule has 1 aromatic rings. The third-order valence-electron chi connectivity index (χ3n) is 8.09. The summed E-state index contributed by atoms with van der Waals surface area (Å²) < 4.78 is 5.61. The topological polar surface area (TPSA) is 96.0 Å². The second-order valence-corrected chi connectivity index (χ2v) is 12.2. The third-order valence-corrected chi connectivity index (χ3v) is 8.09. The van der Waals surface area contributed by atoms with Gasteiger partial charge < -0.3 is 14.5 Å². The van der Waals surface area contributed by atoms with E-state index in [9.17, 15) is 19.2 Å². The summed E-state index contributed by atoms with van der Waals surface area (Å²) in [5.74, 6) is -0.273. The van der Waals surface area contributed by atoms with E-state index in [4.69, 9.17) is 4.74 Å². The Morgan fingerprint density at radius 2 is 1.62 bits per heavy atom. The maximum absolute atomic E-state index is 13.0. The summed E-state index contributed by atoms with van der Waals surface area (Å²) in [6.07, 6.45) is 4.70. The van der Waals surface area contributed by atoms with E-state index in [2.05, 4.69) is 22.3 Å². The van der Waals surface area contributed by atoms with Gasteiger partial charge in [-0.3, -0.25) is 24.5 Å². The quantitative estimate of drug-likeness (QED) is 0.477. The zero-order valence-electron chi connectivity index (χ0n) is 22.7. The lowest BCUT2D eigenvalue weighted by Crippen LogP contribution is -2.47. The number of likely N-dealkylation sites (tertiary alicyclic amines) is 1. The molecular formula is C29H41N3O5. The highest BCUT2D eigenvalue weighted by Crippen LogP contribution is 2.35. The first kappa shape index (κ1) is 27.1. The molecule has 0 bridgehead atoms. The number of benzene rings is 1. The van der Waals surface area contributed by atoms with Crippen LogP contribution in [0.2, 0.25) is 0 Å². The van der Waals surface area contributed by atoms with Crippen molar-refractivity contribution in [2.45, 2.75) is 84.2 Å². The van der Waals surface area contributed by atoms with Crippen LogP contribution in [0, 0.1) is 11.3 Å². The summed E-state index contributed by atoms with van der Waals surface area (Å²) in [6.45, 7) is 10.6. The van der Waals surface area contributed by atoms with Crippen molar-refractivity contribution in [1.82, 2.24) is 10.2 Å². The van der Waals surface area contributed by atoms with Gasteiger partial charge in [0.2, 0.25) is 17.7 Å². The van der Waals surface area contributed by atoms with Gasteiger partial charge in [-0.05, 0) is 83.4 Å². The number of hydrogen-bond acceptors (Lipinski definition) is 6. The van der Waals surface area contributed by atoms with Crippen LogP contribution in [0.1, 0.15) is 84.1 Å². The molecule has 3 heterocycles. The van der Waals surface area contributed by atoms with Gasteiger partial charge >= 0.3 is 5.97 Å². The van der Waals surface area contributed by atoms with Crippen molar-refractivity contribution in [2.24, 2.45) is 11.3 Å². The Kier molecular flexibility index (Phi) is 7.95. The van der Waals surface area contributed by atoms with Crippen molar-refractivity contribution < 1.29 is 23.9 Å². The van der Waals surface area contributed by atoms with Gasteiger partial charge in [0, 0.05) is 44.7 Å². The lowest BCUT2D eigenvalue weighted by atomic mass is 9.80. The van der Waals surface area contributed by atoms with Crippen LogP contribution in [-0.2, 0) is 23.9 Å². The van der Waals surface area contributed by atoms with E-state index in [0.29, 0.717) is 51.1 Å². The van der Waals surface area contributed by atoms with Crippen molar-refractivity contribution in [2.75, 3.05) is 31.1 Å². The Bertz CT molecular complexity index is 1010. The number of piperidine rings is 3. The summed E-state index contributed by atoms with van der Waals surface area (Å²) in [7, 11) is 0. The molecule has 3 fully saturated rings. The second kappa shape index (κ2) is 10.8. The highest BCUT2D eigenvalue weighted by Gasteiger charge is 2.41. The number of nitrogens with one attached hydrogen (secondary N) is 1. The summed E-state index contributed by atoms with van der Waals surface area (Å²) >= 11 is 0. The van der Waals surface area contributed by atoms with E-state index in [1.807, 2.05) is 44.7 Å². The number of ether oxygens (including phenoxy) is 1. The molecule has 8 nitrogen and oxygen atoms in total. The molecule has 3 saturated heterocycles. The van der Waals surface area contributed by atoms with Gasteiger partial charge in [0.25, 0.3) is 0 Å². The van der Waals surface area contributed by atoms with Gasteiger partial charge in [-0.15, -0.1) is 0 Å². The Balaban J connectivity index is 1.22. The van der Waals surface area contributed by atoms with Gasteiger partial charge in [-0.1, -0.05) is 12.1 Å². The van der Waals surface area contributed by atoms with Crippen LogP contribution in [0.4, 0.5) is 5.69 Å².